The number of anilines is 1. The average Bonchev–Trinajstić information content (AvgIpc) is 2.37. The lowest BCUT2D eigenvalue weighted by Crippen LogP contribution is -2.62. The van der Waals surface area contributed by atoms with Crippen LogP contribution in [-0.4, -0.2) is 31.0 Å². The molecule has 1 aliphatic heterocycles. The standard InChI is InChI=1S/C14H20FN3O/c1-14(2)9-18(12(8-19)7-17-14)13-4-3-11(15)5-10(13)6-16/h3-5,8,12,17H,6-7,9,16H2,1-2H3. The molecule has 4 nitrogen and oxygen atoms in total. The predicted molar refractivity (Wildman–Crippen MR) is 73.6 cm³/mol. The third-order valence-corrected chi connectivity index (χ3v) is 3.48. The number of hydrogen-bond acceptors (Lipinski definition) is 4. The van der Waals surface area contributed by atoms with Crippen molar-refractivity contribution in [2.45, 2.75) is 32.0 Å². The molecular weight excluding hydrogens is 245 g/mol. The van der Waals surface area contributed by atoms with Crippen LogP contribution in [0.2, 0.25) is 0 Å². The minimum absolute atomic E-state index is 0.0975. The maximum atomic E-state index is 13.3. The Morgan fingerprint density at radius 3 is 2.95 bits per heavy atom. The number of carbonyl (C=O) groups is 1. The molecule has 0 bridgehead atoms. The minimum atomic E-state index is -0.304. The van der Waals surface area contributed by atoms with Gasteiger partial charge in [0.05, 0.1) is 6.04 Å². The van der Waals surface area contributed by atoms with E-state index in [1.54, 1.807) is 6.07 Å². The summed E-state index contributed by atoms with van der Waals surface area (Å²) in [6.45, 7) is 5.66. The van der Waals surface area contributed by atoms with Crippen molar-refractivity contribution in [3.8, 4) is 0 Å². The van der Waals surface area contributed by atoms with E-state index in [1.807, 2.05) is 4.90 Å². The number of piperazine rings is 1. The van der Waals surface area contributed by atoms with Crippen LogP contribution in [0, 0.1) is 5.82 Å². The van der Waals surface area contributed by atoms with E-state index in [1.165, 1.54) is 12.1 Å². The van der Waals surface area contributed by atoms with Crippen molar-refractivity contribution in [2.24, 2.45) is 5.73 Å². The van der Waals surface area contributed by atoms with Crippen molar-refractivity contribution in [1.29, 1.82) is 0 Å². The molecule has 1 aromatic carbocycles. The van der Waals surface area contributed by atoms with E-state index >= 15 is 0 Å². The molecule has 3 N–H and O–H groups in total. The first-order valence-corrected chi connectivity index (χ1v) is 6.42. The van der Waals surface area contributed by atoms with Gasteiger partial charge in [-0.1, -0.05) is 0 Å². The van der Waals surface area contributed by atoms with Crippen LogP contribution in [0.25, 0.3) is 0 Å². The van der Waals surface area contributed by atoms with Crippen LogP contribution in [0.4, 0.5) is 10.1 Å². The van der Waals surface area contributed by atoms with E-state index in [4.69, 9.17) is 5.73 Å². The van der Waals surface area contributed by atoms with Crippen molar-refractivity contribution in [1.82, 2.24) is 5.32 Å². The average molecular weight is 265 g/mol. The zero-order valence-corrected chi connectivity index (χ0v) is 11.3. The molecule has 1 saturated heterocycles. The van der Waals surface area contributed by atoms with Crippen LogP contribution >= 0.6 is 0 Å². The van der Waals surface area contributed by atoms with Crippen molar-refractivity contribution >= 4 is 12.0 Å². The smallest absolute Gasteiger partial charge is 0.143 e. The van der Waals surface area contributed by atoms with Gasteiger partial charge in [0.25, 0.3) is 0 Å². The number of rotatable bonds is 3. The Kier molecular flexibility index (Phi) is 3.87. The molecule has 1 unspecified atom stereocenters. The van der Waals surface area contributed by atoms with Crippen molar-refractivity contribution < 1.29 is 9.18 Å². The van der Waals surface area contributed by atoms with Gasteiger partial charge in [0.15, 0.2) is 0 Å². The summed E-state index contributed by atoms with van der Waals surface area (Å²) in [5.74, 6) is -0.304. The summed E-state index contributed by atoms with van der Waals surface area (Å²) in [4.78, 5) is 13.2. The summed E-state index contributed by atoms with van der Waals surface area (Å²) in [5.41, 5.74) is 7.16. The highest BCUT2D eigenvalue weighted by Crippen LogP contribution is 2.27. The highest BCUT2D eigenvalue weighted by molar-refractivity contribution is 5.69. The predicted octanol–water partition coefficient (Wildman–Crippen LogP) is 1.04. The van der Waals surface area contributed by atoms with Crippen LogP contribution in [-0.2, 0) is 11.3 Å². The number of nitrogens with two attached hydrogens (primary N) is 1. The van der Waals surface area contributed by atoms with Crippen molar-refractivity contribution in [3.05, 3.63) is 29.6 Å². The molecule has 0 radical (unpaired) electrons. The van der Waals surface area contributed by atoms with Crippen LogP contribution in [0.1, 0.15) is 19.4 Å². The van der Waals surface area contributed by atoms with Gasteiger partial charge in [-0.05, 0) is 37.6 Å². The topological polar surface area (TPSA) is 58.4 Å². The molecule has 0 aromatic heterocycles. The molecule has 1 fully saturated rings. The van der Waals surface area contributed by atoms with Gasteiger partial charge >= 0.3 is 0 Å². The Labute approximate surface area is 112 Å². The van der Waals surface area contributed by atoms with E-state index in [9.17, 15) is 9.18 Å². The summed E-state index contributed by atoms with van der Waals surface area (Å²) in [5, 5.41) is 3.33. The summed E-state index contributed by atoms with van der Waals surface area (Å²) < 4.78 is 13.3. The van der Waals surface area contributed by atoms with Gasteiger partial charge in [-0.15, -0.1) is 0 Å². The molecule has 1 aromatic rings. The number of carbonyl (C=O) groups excluding carboxylic acids is 1. The molecule has 2 rings (SSSR count). The summed E-state index contributed by atoms with van der Waals surface area (Å²) in [6, 6.07) is 4.30. The van der Waals surface area contributed by atoms with Gasteiger partial charge in [0.2, 0.25) is 0 Å². The zero-order chi connectivity index (χ0) is 14.0. The van der Waals surface area contributed by atoms with Crippen LogP contribution < -0.4 is 16.0 Å². The molecule has 5 heteroatoms. The lowest BCUT2D eigenvalue weighted by molar-refractivity contribution is -0.109. The van der Waals surface area contributed by atoms with E-state index in [-0.39, 0.29) is 23.9 Å². The lowest BCUT2D eigenvalue weighted by Gasteiger charge is -2.44. The fourth-order valence-electron chi connectivity index (χ4n) is 2.47. The van der Waals surface area contributed by atoms with Gasteiger partial charge in [-0.25, -0.2) is 4.39 Å². The Bertz CT molecular complexity index is 476. The van der Waals surface area contributed by atoms with Gasteiger partial charge in [0.1, 0.15) is 12.1 Å². The van der Waals surface area contributed by atoms with Gasteiger partial charge in [0, 0.05) is 30.9 Å². The molecule has 19 heavy (non-hydrogen) atoms. The molecular formula is C14H20FN3O. The zero-order valence-electron chi connectivity index (χ0n) is 11.3. The fraction of sp³-hybridized carbons (Fsp3) is 0.500. The molecule has 0 aliphatic carbocycles. The van der Waals surface area contributed by atoms with Gasteiger partial charge in [-0.3, -0.25) is 0 Å². The second-order valence-corrected chi connectivity index (χ2v) is 5.57. The molecule has 0 amide bonds. The van der Waals surface area contributed by atoms with Crippen LogP contribution in [0.3, 0.4) is 0 Å². The second kappa shape index (κ2) is 5.27. The van der Waals surface area contributed by atoms with E-state index < -0.39 is 0 Å². The van der Waals surface area contributed by atoms with Gasteiger partial charge in [-0.2, -0.15) is 0 Å². The molecule has 1 atom stereocenters. The quantitative estimate of drug-likeness (QED) is 0.802. The number of hydrogen-bond donors (Lipinski definition) is 2. The number of nitrogens with one attached hydrogen (secondary N) is 1. The number of nitrogens with zero attached hydrogens (tertiary/aromatic N) is 1. The highest BCUT2D eigenvalue weighted by atomic mass is 19.1. The van der Waals surface area contributed by atoms with Crippen LogP contribution in [0.15, 0.2) is 18.2 Å². The highest BCUT2D eigenvalue weighted by Gasteiger charge is 2.33. The molecule has 0 spiro atoms. The Balaban J connectivity index is 2.39. The maximum Gasteiger partial charge on any atom is 0.143 e. The second-order valence-electron chi connectivity index (χ2n) is 5.57. The minimum Gasteiger partial charge on any atom is -0.358 e. The largest absolute Gasteiger partial charge is 0.358 e. The van der Waals surface area contributed by atoms with Crippen molar-refractivity contribution in [3.63, 3.8) is 0 Å². The fourth-order valence-corrected chi connectivity index (χ4v) is 2.47. The van der Waals surface area contributed by atoms with Gasteiger partial charge < -0.3 is 20.7 Å². The third-order valence-electron chi connectivity index (χ3n) is 3.48. The van der Waals surface area contributed by atoms with E-state index in [0.29, 0.717) is 13.1 Å². The number of halogens is 1. The first kappa shape index (κ1) is 14.0. The first-order valence-electron chi connectivity index (χ1n) is 6.42. The molecule has 0 saturated carbocycles. The maximum absolute atomic E-state index is 13.3. The number of aldehydes is 1. The summed E-state index contributed by atoms with van der Waals surface area (Å²) in [7, 11) is 0. The van der Waals surface area contributed by atoms with E-state index in [2.05, 4.69) is 19.2 Å². The summed E-state index contributed by atoms with van der Waals surface area (Å²) >= 11 is 0. The molecule has 1 heterocycles. The Morgan fingerprint density at radius 2 is 2.32 bits per heavy atom. The first-order chi connectivity index (χ1) is 8.96. The number of benzene rings is 1. The monoisotopic (exact) mass is 265 g/mol. The third kappa shape index (κ3) is 2.93. The van der Waals surface area contributed by atoms with Crippen LogP contribution in [0.5, 0.6) is 0 Å². The van der Waals surface area contributed by atoms with Crippen molar-refractivity contribution in [2.75, 3.05) is 18.0 Å². The normalized spacial score (nSPS) is 22.3. The van der Waals surface area contributed by atoms with E-state index in [0.717, 1.165) is 17.5 Å². The Morgan fingerprint density at radius 1 is 1.58 bits per heavy atom. The Hall–Kier alpha value is -1.46. The SMILES string of the molecule is CC1(C)CN(c2ccc(F)cc2CN)C(C=O)CN1. The lowest BCUT2D eigenvalue weighted by atomic mass is 9.97. The molecule has 104 valence electrons. The summed E-state index contributed by atoms with van der Waals surface area (Å²) in [6.07, 6.45) is 0.923. The molecule has 1 aliphatic rings.